The standard InChI is InChI=1S/C12H12N2O3/c1-17-11-4-2-9(3-5-11)8-14-12(16)6-10(15)7-13-14/h2-7,15H,8H2,1H3. The van der Waals surface area contributed by atoms with E-state index in [9.17, 15) is 4.79 Å². The van der Waals surface area contributed by atoms with Crippen LogP contribution in [0.5, 0.6) is 11.5 Å². The molecule has 0 aliphatic carbocycles. The minimum Gasteiger partial charge on any atom is -0.506 e. The molecular weight excluding hydrogens is 220 g/mol. The Morgan fingerprint density at radius 2 is 2.06 bits per heavy atom. The number of hydrogen-bond donors (Lipinski definition) is 1. The lowest BCUT2D eigenvalue weighted by atomic mass is 10.2. The highest BCUT2D eigenvalue weighted by Gasteiger charge is 2.00. The molecule has 5 heteroatoms. The van der Waals surface area contributed by atoms with Gasteiger partial charge in [0.2, 0.25) is 0 Å². The first-order valence-electron chi connectivity index (χ1n) is 5.08. The molecule has 0 saturated heterocycles. The number of aromatic nitrogens is 2. The Balaban J connectivity index is 2.22. The van der Waals surface area contributed by atoms with Gasteiger partial charge in [0.15, 0.2) is 0 Å². The van der Waals surface area contributed by atoms with Crippen LogP contribution in [0, 0.1) is 0 Å². The average Bonchev–Trinajstić information content (AvgIpc) is 2.34. The van der Waals surface area contributed by atoms with Crippen molar-refractivity contribution in [3.05, 3.63) is 52.4 Å². The van der Waals surface area contributed by atoms with Crippen LogP contribution >= 0.6 is 0 Å². The van der Waals surface area contributed by atoms with Crippen LogP contribution in [-0.2, 0) is 6.54 Å². The molecular formula is C12H12N2O3. The zero-order valence-corrected chi connectivity index (χ0v) is 9.33. The van der Waals surface area contributed by atoms with Gasteiger partial charge >= 0.3 is 0 Å². The first kappa shape index (κ1) is 11.2. The Labute approximate surface area is 97.9 Å². The summed E-state index contributed by atoms with van der Waals surface area (Å²) in [6.45, 7) is 0.364. The van der Waals surface area contributed by atoms with Gasteiger partial charge in [0, 0.05) is 6.07 Å². The van der Waals surface area contributed by atoms with Crippen molar-refractivity contribution in [3.8, 4) is 11.5 Å². The maximum absolute atomic E-state index is 11.5. The minimum atomic E-state index is -0.333. The highest BCUT2D eigenvalue weighted by atomic mass is 16.5. The highest BCUT2D eigenvalue weighted by Crippen LogP contribution is 2.11. The largest absolute Gasteiger partial charge is 0.506 e. The van der Waals surface area contributed by atoms with Gasteiger partial charge in [-0.05, 0) is 17.7 Å². The molecule has 0 atom stereocenters. The molecule has 1 aromatic heterocycles. The average molecular weight is 232 g/mol. The first-order valence-corrected chi connectivity index (χ1v) is 5.08. The van der Waals surface area contributed by atoms with E-state index in [2.05, 4.69) is 5.10 Å². The third kappa shape index (κ3) is 2.63. The van der Waals surface area contributed by atoms with Gasteiger partial charge in [-0.15, -0.1) is 0 Å². The van der Waals surface area contributed by atoms with Crippen molar-refractivity contribution < 1.29 is 9.84 Å². The molecule has 0 aliphatic rings. The summed E-state index contributed by atoms with van der Waals surface area (Å²) < 4.78 is 6.32. The summed E-state index contributed by atoms with van der Waals surface area (Å²) in [7, 11) is 1.60. The fourth-order valence-corrected chi connectivity index (χ4v) is 1.45. The lowest BCUT2D eigenvalue weighted by Gasteiger charge is -2.05. The minimum absolute atomic E-state index is 0.124. The van der Waals surface area contributed by atoms with Gasteiger partial charge in [-0.2, -0.15) is 5.10 Å². The summed E-state index contributed by atoms with van der Waals surface area (Å²) in [6, 6.07) is 8.50. The molecule has 0 unspecified atom stereocenters. The second-order valence-corrected chi connectivity index (χ2v) is 3.56. The fraction of sp³-hybridized carbons (Fsp3) is 0.167. The summed E-state index contributed by atoms with van der Waals surface area (Å²) >= 11 is 0. The smallest absolute Gasteiger partial charge is 0.270 e. The van der Waals surface area contributed by atoms with E-state index in [1.807, 2.05) is 24.3 Å². The van der Waals surface area contributed by atoms with Crippen LogP contribution in [0.25, 0.3) is 0 Å². The highest BCUT2D eigenvalue weighted by molar-refractivity contribution is 5.27. The summed E-state index contributed by atoms with van der Waals surface area (Å²) in [4.78, 5) is 11.5. The molecule has 1 N–H and O–H groups in total. The summed E-state index contributed by atoms with van der Waals surface area (Å²) in [5, 5.41) is 12.9. The number of hydrogen-bond acceptors (Lipinski definition) is 4. The van der Waals surface area contributed by atoms with E-state index in [4.69, 9.17) is 9.84 Å². The maximum Gasteiger partial charge on any atom is 0.270 e. The molecule has 1 aromatic carbocycles. The summed E-state index contributed by atoms with van der Waals surface area (Å²) in [5.41, 5.74) is 0.604. The molecule has 0 fully saturated rings. The van der Waals surface area contributed by atoms with E-state index < -0.39 is 0 Å². The van der Waals surface area contributed by atoms with Gasteiger partial charge in [0.25, 0.3) is 5.56 Å². The quantitative estimate of drug-likeness (QED) is 0.857. The molecule has 2 aromatic rings. The zero-order chi connectivity index (χ0) is 12.3. The molecule has 0 spiro atoms. The molecule has 2 rings (SSSR count). The third-order valence-electron chi connectivity index (χ3n) is 2.35. The van der Waals surface area contributed by atoms with Crippen molar-refractivity contribution >= 4 is 0 Å². The van der Waals surface area contributed by atoms with E-state index in [0.717, 1.165) is 17.4 Å². The van der Waals surface area contributed by atoms with Crippen LogP contribution in [0.15, 0.2) is 41.3 Å². The zero-order valence-electron chi connectivity index (χ0n) is 9.33. The lowest BCUT2D eigenvalue weighted by molar-refractivity contribution is 0.414. The Kier molecular flexibility index (Phi) is 3.09. The van der Waals surface area contributed by atoms with Crippen LogP contribution in [0.4, 0.5) is 0 Å². The van der Waals surface area contributed by atoms with Crippen LogP contribution in [0.1, 0.15) is 5.56 Å². The lowest BCUT2D eigenvalue weighted by Crippen LogP contribution is -2.21. The fourth-order valence-electron chi connectivity index (χ4n) is 1.45. The third-order valence-corrected chi connectivity index (χ3v) is 2.35. The molecule has 5 nitrogen and oxygen atoms in total. The van der Waals surface area contributed by atoms with Gasteiger partial charge < -0.3 is 9.84 Å². The van der Waals surface area contributed by atoms with E-state index in [0.29, 0.717) is 6.54 Å². The van der Waals surface area contributed by atoms with Crippen molar-refractivity contribution in [2.24, 2.45) is 0 Å². The van der Waals surface area contributed by atoms with Crippen molar-refractivity contribution in [1.82, 2.24) is 9.78 Å². The maximum atomic E-state index is 11.5. The van der Waals surface area contributed by atoms with Crippen LogP contribution in [-0.4, -0.2) is 22.0 Å². The van der Waals surface area contributed by atoms with Crippen molar-refractivity contribution in [1.29, 1.82) is 0 Å². The van der Waals surface area contributed by atoms with Crippen LogP contribution in [0.3, 0.4) is 0 Å². The monoisotopic (exact) mass is 232 g/mol. The van der Waals surface area contributed by atoms with Gasteiger partial charge in [-0.1, -0.05) is 12.1 Å². The Morgan fingerprint density at radius 1 is 1.35 bits per heavy atom. The Bertz CT molecular complexity index is 561. The van der Waals surface area contributed by atoms with Crippen molar-refractivity contribution in [3.63, 3.8) is 0 Å². The number of nitrogens with zero attached hydrogens (tertiary/aromatic N) is 2. The topological polar surface area (TPSA) is 64.3 Å². The van der Waals surface area contributed by atoms with Gasteiger partial charge in [-0.25, -0.2) is 4.68 Å². The molecule has 88 valence electrons. The molecule has 1 heterocycles. The Morgan fingerprint density at radius 3 is 2.65 bits per heavy atom. The van der Waals surface area contributed by atoms with Gasteiger partial charge in [0.05, 0.1) is 19.9 Å². The second kappa shape index (κ2) is 4.69. The van der Waals surface area contributed by atoms with Gasteiger partial charge in [-0.3, -0.25) is 4.79 Å². The van der Waals surface area contributed by atoms with Gasteiger partial charge in [0.1, 0.15) is 11.5 Å². The summed E-state index contributed by atoms with van der Waals surface area (Å²) in [6.07, 6.45) is 1.24. The number of aromatic hydroxyl groups is 1. The number of benzene rings is 1. The molecule has 0 saturated carbocycles. The van der Waals surface area contributed by atoms with Crippen molar-refractivity contribution in [2.75, 3.05) is 7.11 Å². The van der Waals surface area contributed by atoms with Crippen LogP contribution in [0.2, 0.25) is 0 Å². The number of ether oxygens (including phenoxy) is 1. The Hall–Kier alpha value is -2.30. The molecule has 0 bridgehead atoms. The predicted octanol–water partition coefficient (Wildman–Crippen LogP) is 1.01. The van der Waals surface area contributed by atoms with E-state index >= 15 is 0 Å². The first-order chi connectivity index (χ1) is 8.19. The molecule has 0 aliphatic heterocycles. The SMILES string of the molecule is COc1ccc(Cn2ncc(O)cc2=O)cc1. The van der Waals surface area contributed by atoms with E-state index in [-0.39, 0.29) is 11.3 Å². The van der Waals surface area contributed by atoms with Crippen LogP contribution < -0.4 is 10.3 Å². The molecule has 0 amide bonds. The normalized spacial score (nSPS) is 10.2. The second-order valence-electron chi connectivity index (χ2n) is 3.56. The molecule has 17 heavy (non-hydrogen) atoms. The number of rotatable bonds is 3. The predicted molar refractivity (Wildman–Crippen MR) is 62.3 cm³/mol. The van der Waals surface area contributed by atoms with E-state index in [1.54, 1.807) is 7.11 Å². The number of methoxy groups -OCH3 is 1. The van der Waals surface area contributed by atoms with E-state index in [1.165, 1.54) is 10.9 Å². The van der Waals surface area contributed by atoms with Crippen molar-refractivity contribution in [2.45, 2.75) is 6.54 Å². The summed E-state index contributed by atoms with van der Waals surface area (Å²) in [5.74, 6) is 0.640. The molecule has 0 radical (unpaired) electrons.